The van der Waals surface area contributed by atoms with Gasteiger partial charge in [-0.3, -0.25) is 0 Å². The molecule has 0 radical (unpaired) electrons. The minimum Gasteiger partial charge on any atom is -0.327 e. The maximum Gasteiger partial charge on any atom is 0.137 e. The summed E-state index contributed by atoms with van der Waals surface area (Å²) >= 11 is 3.03. The van der Waals surface area contributed by atoms with Crippen LogP contribution < -0.4 is 5.73 Å². The molecule has 2 N–H and O–H groups in total. The first-order chi connectivity index (χ1) is 6.45. The Kier molecular flexibility index (Phi) is 3.61. The van der Waals surface area contributed by atoms with Crippen LogP contribution in [0.1, 0.15) is 25.3 Å². The van der Waals surface area contributed by atoms with E-state index in [1.165, 1.54) is 0 Å². The molecule has 1 aromatic carbocycles. The first-order valence-electron chi connectivity index (χ1n) is 4.34. The second-order valence-corrected chi connectivity index (χ2v) is 4.20. The van der Waals surface area contributed by atoms with Gasteiger partial charge in [-0.25, -0.2) is 8.78 Å². The number of hydrogen-bond donors (Lipinski definition) is 1. The van der Waals surface area contributed by atoms with Gasteiger partial charge in [0.15, 0.2) is 0 Å². The molecule has 14 heavy (non-hydrogen) atoms. The summed E-state index contributed by atoms with van der Waals surface area (Å²) in [6.45, 7) is 3.54. The fourth-order valence-corrected chi connectivity index (χ4v) is 1.91. The minimum atomic E-state index is -0.464. The molecule has 0 fully saturated rings. The van der Waals surface area contributed by atoms with Gasteiger partial charge in [0.1, 0.15) is 11.6 Å². The van der Waals surface area contributed by atoms with Crippen LogP contribution in [0.5, 0.6) is 0 Å². The zero-order valence-electron chi connectivity index (χ0n) is 8.02. The average Bonchev–Trinajstić information content (AvgIpc) is 2.12. The van der Waals surface area contributed by atoms with Crippen LogP contribution in [0.4, 0.5) is 8.78 Å². The first-order valence-corrected chi connectivity index (χ1v) is 5.13. The Labute approximate surface area is 90.4 Å². The monoisotopic (exact) mass is 263 g/mol. The second-order valence-electron chi connectivity index (χ2n) is 3.40. The molecule has 0 spiro atoms. The van der Waals surface area contributed by atoms with Crippen molar-refractivity contribution < 1.29 is 8.78 Å². The molecule has 1 rings (SSSR count). The van der Waals surface area contributed by atoms with Crippen molar-refractivity contribution in [2.24, 2.45) is 5.73 Å². The van der Waals surface area contributed by atoms with Gasteiger partial charge in [0, 0.05) is 17.5 Å². The lowest BCUT2D eigenvalue weighted by atomic mass is 9.94. The van der Waals surface area contributed by atoms with Crippen molar-refractivity contribution >= 4 is 15.9 Å². The summed E-state index contributed by atoms with van der Waals surface area (Å²) in [7, 11) is 0. The van der Waals surface area contributed by atoms with Crippen molar-refractivity contribution in [3.63, 3.8) is 0 Å². The van der Waals surface area contributed by atoms with Gasteiger partial charge < -0.3 is 5.73 Å². The number of halogens is 3. The molecule has 0 aromatic heterocycles. The molecule has 0 saturated carbocycles. The lowest BCUT2D eigenvalue weighted by Gasteiger charge is -2.18. The molecule has 0 aliphatic heterocycles. The van der Waals surface area contributed by atoms with Crippen molar-refractivity contribution in [3.05, 3.63) is 33.8 Å². The molecule has 0 amide bonds. The molecule has 0 saturated heterocycles. The molecule has 0 bridgehead atoms. The lowest BCUT2D eigenvalue weighted by molar-refractivity contribution is 0.532. The zero-order chi connectivity index (χ0) is 10.9. The van der Waals surface area contributed by atoms with E-state index >= 15 is 0 Å². The largest absolute Gasteiger partial charge is 0.327 e. The van der Waals surface area contributed by atoms with Crippen LogP contribution in [0.25, 0.3) is 0 Å². The Morgan fingerprint density at radius 1 is 1.21 bits per heavy atom. The third kappa shape index (κ3) is 2.12. The van der Waals surface area contributed by atoms with Crippen LogP contribution in [-0.4, -0.2) is 6.04 Å². The van der Waals surface area contributed by atoms with Crippen LogP contribution in [0.3, 0.4) is 0 Å². The van der Waals surface area contributed by atoms with Crippen LogP contribution in [-0.2, 0) is 0 Å². The van der Waals surface area contributed by atoms with Gasteiger partial charge in [-0.2, -0.15) is 0 Å². The Balaban J connectivity index is 3.25. The Morgan fingerprint density at radius 3 is 2.21 bits per heavy atom. The van der Waals surface area contributed by atoms with Gasteiger partial charge in [0.2, 0.25) is 0 Å². The summed E-state index contributed by atoms with van der Waals surface area (Å²) < 4.78 is 26.7. The summed E-state index contributed by atoms with van der Waals surface area (Å²) in [4.78, 5) is 0. The molecular weight excluding hydrogens is 252 g/mol. The van der Waals surface area contributed by atoms with E-state index in [1.54, 1.807) is 13.8 Å². The molecule has 1 aromatic rings. The Bertz CT molecular complexity index is 339. The van der Waals surface area contributed by atoms with Crippen molar-refractivity contribution in [2.45, 2.75) is 25.8 Å². The summed E-state index contributed by atoms with van der Waals surface area (Å²) in [5.41, 5.74) is 5.95. The van der Waals surface area contributed by atoms with Crippen molar-refractivity contribution in [1.82, 2.24) is 0 Å². The smallest absolute Gasteiger partial charge is 0.137 e. The fraction of sp³-hybridized carbons (Fsp3) is 0.400. The van der Waals surface area contributed by atoms with Gasteiger partial charge in [0.25, 0.3) is 0 Å². The lowest BCUT2D eigenvalue weighted by Crippen LogP contribution is -2.23. The van der Waals surface area contributed by atoms with Gasteiger partial charge in [-0.1, -0.05) is 6.92 Å². The van der Waals surface area contributed by atoms with Gasteiger partial charge in [-0.15, -0.1) is 0 Å². The quantitative estimate of drug-likeness (QED) is 0.816. The van der Waals surface area contributed by atoms with Gasteiger partial charge in [-0.05, 0) is 35.0 Å². The topological polar surface area (TPSA) is 26.0 Å². The Morgan fingerprint density at radius 2 is 1.71 bits per heavy atom. The van der Waals surface area contributed by atoms with Crippen LogP contribution in [0, 0.1) is 11.6 Å². The van der Waals surface area contributed by atoms with Crippen LogP contribution in [0.15, 0.2) is 16.6 Å². The van der Waals surface area contributed by atoms with E-state index in [0.29, 0.717) is 5.56 Å². The van der Waals surface area contributed by atoms with Crippen LogP contribution >= 0.6 is 15.9 Å². The van der Waals surface area contributed by atoms with Crippen molar-refractivity contribution in [1.29, 1.82) is 0 Å². The molecule has 2 atom stereocenters. The second kappa shape index (κ2) is 4.36. The predicted octanol–water partition coefficient (Wildman–Crippen LogP) is 3.18. The van der Waals surface area contributed by atoms with Gasteiger partial charge in [0.05, 0.1) is 4.47 Å². The molecule has 0 aliphatic rings. The Hall–Kier alpha value is -0.480. The standard InChI is InChI=1S/C10H12BrF2N/c1-5(6(2)14)9-7(12)3-4-8(13)10(9)11/h3-6H,14H2,1-2H3. The highest BCUT2D eigenvalue weighted by atomic mass is 79.9. The minimum absolute atomic E-state index is 0.169. The average molecular weight is 264 g/mol. The fourth-order valence-electron chi connectivity index (χ4n) is 1.22. The first kappa shape index (κ1) is 11.6. The molecular formula is C10H12BrF2N. The van der Waals surface area contributed by atoms with Crippen molar-refractivity contribution in [2.75, 3.05) is 0 Å². The maximum atomic E-state index is 13.4. The van der Waals surface area contributed by atoms with E-state index in [2.05, 4.69) is 15.9 Å². The summed E-state index contributed by atoms with van der Waals surface area (Å²) in [5, 5.41) is 0. The highest BCUT2D eigenvalue weighted by Gasteiger charge is 2.20. The number of rotatable bonds is 2. The highest BCUT2D eigenvalue weighted by Crippen LogP contribution is 2.31. The van der Waals surface area contributed by atoms with E-state index in [4.69, 9.17) is 5.73 Å². The third-order valence-corrected chi connectivity index (χ3v) is 3.13. The summed E-state index contributed by atoms with van der Waals surface area (Å²) in [5.74, 6) is -1.11. The molecule has 78 valence electrons. The van der Waals surface area contributed by atoms with E-state index in [-0.39, 0.29) is 16.4 Å². The highest BCUT2D eigenvalue weighted by molar-refractivity contribution is 9.10. The maximum absolute atomic E-state index is 13.4. The van der Waals surface area contributed by atoms with Crippen molar-refractivity contribution in [3.8, 4) is 0 Å². The molecule has 4 heteroatoms. The van der Waals surface area contributed by atoms with E-state index in [9.17, 15) is 8.78 Å². The normalized spacial score (nSPS) is 15.3. The van der Waals surface area contributed by atoms with Crippen LogP contribution in [0.2, 0.25) is 0 Å². The zero-order valence-corrected chi connectivity index (χ0v) is 9.61. The molecule has 0 aliphatic carbocycles. The number of hydrogen-bond acceptors (Lipinski definition) is 1. The number of benzene rings is 1. The number of nitrogens with two attached hydrogens (primary N) is 1. The predicted molar refractivity (Wildman–Crippen MR) is 56.1 cm³/mol. The SMILES string of the molecule is CC(N)C(C)c1c(F)ccc(F)c1Br. The van der Waals surface area contributed by atoms with E-state index < -0.39 is 11.6 Å². The third-order valence-electron chi connectivity index (χ3n) is 2.32. The van der Waals surface area contributed by atoms with E-state index in [0.717, 1.165) is 12.1 Å². The molecule has 1 nitrogen and oxygen atoms in total. The van der Waals surface area contributed by atoms with E-state index in [1.807, 2.05) is 0 Å². The van der Waals surface area contributed by atoms with Gasteiger partial charge >= 0.3 is 0 Å². The summed E-state index contributed by atoms with van der Waals surface area (Å²) in [6.07, 6.45) is 0. The molecule has 0 heterocycles. The summed E-state index contributed by atoms with van der Waals surface area (Å²) in [6, 6.07) is 1.99. The molecule has 2 unspecified atom stereocenters.